The van der Waals surface area contributed by atoms with E-state index >= 15 is 0 Å². The summed E-state index contributed by atoms with van der Waals surface area (Å²) >= 11 is 0. The van der Waals surface area contributed by atoms with Crippen molar-refractivity contribution in [2.24, 2.45) is 0 Å². The van der Waals surface area contributed by atoms with Gasteiger partial charge in [-0.2, -0.15) is 0 Å². The first-order valence-electron chi connectivity index (χ1n) is 9.54. The summed E-state index contributed by atoms with van der Waals surface area (Å²) < 4.78 is 12.5. The molecule has 0 aliphatic heterocycles. The number of hydrogen-bond donors (Lipinski definition) is 1. The van der Waals surface area contributed by atoms with Crippen molar-refractivity contribution in [1.82, 2.24) is 19.9 Å². The summed E-state index contributed by atoms with van der Waals surface area (Å²) in [4.78, 5) is 21.9. The van der Waals surface area contributed by atoms with E-state index in [2.05, 4.69) is 27.4 Å². The van der Waals surface area contributed by atoms with Gasteiger partial charge in [0.15, 0.2) is 17.1 Å². The largest absolute Gasteiger partial charge is 0.493 e. The summed E-state index contributed by atoms with van der Waals surface area (Å²) in [6, 6.07) is 18.9. The number of imidazole rings is 1. The van der Waals surface area contributed by atoms with Gasteiger partial charge in [-0.3, -0.25) is 4.79 Å². The Balaban J connectivity index is 1.58. The number of rotatable bonds is 7. The van der Waals surface area contributed by atoms with Crippen LogP contribution in [-0.4, -0.2) is 34.7 Å². The second-order valence-electron chi connectivity index (χ2n) is 6.70. The van der Waals surface area contributed by atoms with E-state index in [4.69, 9.17) is 9.47 Å². The van der Waals surface area contributed by atoms with Crippen molar-refractivity contribution >= 4 is 17.1 Å². The third-order valence-corrected chi connectivity index (χ3v) is 4.82. The number of nitrogens with one attached hydrogen (secondary N) is 1. The number of hydrogen-bond acceptors (Lipinski definition) is 5. The molecule has 1 amide bonds. The monoisotopic (exact) mass is 402 g/mol. The molecular formula is C23H22N4O3. The lowest BCUT2D eigenvalue weighted by Gasteiger charge is -2.11. The van der Waals surface area contributed by atoms with Crippen LogP contribution in [0.5, 0.6) is 11.5 Å². The lowest BCUT2D eigenvalue weighted by atomic mass is 10.2. The van der Waals surface area contributed by atoms with Gasteiger partial charge in [-0.15, -0.1) is 0 Å². The van der Waals surface area contributed by atoms with E-state index < -0.39 is 0 Å². The van der Waals surface area contributed by atoms with Crippen LogP contribution in [0.3, 0.4) is 0 Å². The van der Waals surface area contributed by atoms with Crippen LogP contribution in [0.2, 0.25) is 0 Å². The van der Waals surface area contributed by atoms with Crippen LogP contribution in [0.25, 0.3) is 11.2 Å². The average Bonchev–Trinajstić information content (AvgIpc) is 3.15. The first-order valence-corrected chi connectivity index (χ1v) is 9.54. The number of amides is 1. The van der Waals surface area contributed by atoms with E-state index in [1.54, 1.807) is 38.6 Å². The van der Waals surface area contributed by atoms with Gasteiger partial charge in [0, 0.05) is 11.8 Å². The SMILES string of the molecule is COc1ccc(C(=O)NCc2nc3cccnc3n2Cc2ccccc2)cc1OC. The molecule has 4 rings (SSSR count). The maximum atomic E-state index is 12.7. The highest BCUT2D eigenvalue weighted by atomic mass is 16.5. The third-order valence-electron chi connectivity index (χ3n) is 4.82. The smallest absolute Gasteiger partial charge is 0.251 e. The third kappa shape index (κ3) is 3.96. The zero-order chi connectivity index (χ0) is 20.9. The molecule has 0 spiro atoms. The quantitative estimate of drug-likeness (QED) is 0.512. The molecule has 2 heterocycles. The highest BCUT2D eigenvalue weighted by molar-refractivity contribution is 5.94. The molecule has 152 valence electrons. The maximum absolute atomic E-state index is 12.7. The van der Waals surface area contributed by atoms with Crippen LogP contribution < -0.4 is 14.8 Å². The van der Waals surface area contributed by atoms with E-state index in [1.807, 2.05) is 34.9 Å². The Bertz CT molecular complexity index is 1170. The number of pyridine rings is 1. The molecule has 1 N–H and O–H groups in total. The van der Waals surface area contributed by atoms with Crippen molar-refractivity contribution in [3.8, 4) is 11.5 Å². The molecule has 0 saturated carbocycles. The van der Waals surface area contributed by atoms with Crippen molar-refractivity contribution in [3.63, 3.8) is 0 Å². The summed E-state index contributed by atoms with van der Waals surface area (Å²) in [7, 11) is 3.10. The highest BCUT2D eigenvalue weighted by Crippen LogP contribution is 2.27. The Kier molecular flexibility index (Phi) is 5.61. The topological polar surface area (TPSA) is 78.3 Å². The molecule has 0 atom stereocenters. The highest BCUT2D eigenvalue weighted by Gasteiger charge is 2.15. The number of fused-ring (bicyclic) bond motifs is 1. The minimum Gasteiger partial charge on any atom is -0.493 e. The number of ether oxygens (including phenoxy) is 2. The molecular weight excluding hydrogens is 380 g/mol. The van der Waals surface area contributed by atoms with Gasteiger partial charge in [0.05, 0.1) is 27.3 Å². The Labute approximate surface area is 174 Å². The van der Waals surface area contributed by atoms with Gasteiger partial charge in [-0.1, -0.05) is 30.3 Å². The van der Waals surface area contributed by atoms with Crippen molar-refractivity contribution in [3.05, 3.63) is 83.8 Å². The number of methoxy groups -OCH3 is 2. The van der Waals surface area contributed by atoms with E-state index in [-0.39, 0.29) is 12.5 Å². The van der Waals surface area contributed by atoms with Crippen LogP contribution >= 0.6 is 0 Å². The molecule has 2 aromatic carbocycles. The molecule has 4 aromatic rings. The number of carbonyl (C=O) groups is 1. The van der Waals surface area contributed by atoms with Crippen molar-refractivity contribution in [2.75, 3.05) is 14.2 Å². The number of benzene rings is 2. The van der Waals surface area contributed by atoms with E-state index in [1.165, 1.54) is 0 Å². The molecule has 2 aromatic heterocycles. The summed E-state index contributed by atoms with van der Waals surface area (Å²) in [5, 5.41) is 2.94. The fourth-order valence-corrected chi connectivity index (χ4v) is 3.31. The van der Waals surface area contributed by atoms with Crippen LogP contribution in [0.4, 0.5) is 0 Å². The zero-order valence-corrected chi connectivity index (χ0v) is 16.8. The fraction of sp³-hybridized carbons (Fsp3) is 0.174. The van der Waals surface area contributed by atoms with Crippen molar-refractivity contribution < 1.29 is 14.3 Å². The van der Waals surface area contributed by atoms with Crippen LogP contribution in [0, 0.1) is 0 Å². The van der Waals surface area contributed by atoms with Crippen LogP contribution in [0.15, 0.2) is 66.9 Å². The molecule has 0 bridgehead atoms. The first-order chi connectivity index (χ1) is 14.7. The predicted octanol–water partition coefficient (Wildman–Crippen LogP) is 3.43. The van der Waals surface area contributed by atoms with Gasteiger partial charge < -0.3 is 19.4 Å². The normalized spacial score (nSPS) is 10.7. The molecule has 0 fully saturated rings. The summed E-state index contributed by atoms with van der Waals surface area (Å²) in [5.41, 5.74) is 3.20. The molecule has 0 aliphatic rings. The van der Waals surface area contributed by atoms with Gasteiger partial charge >= 0.3 is 0 Å². The Morgan fingerprint density at radius 1 is 1.00 bits per heavy atom. The Hall–Kier alpha value is -3.87. The Morgan fingerprint density at radius 2 is 1.80 bits per heavy atom. The molecule has 0 saturated heterocycles. The summed E-state index contributed by atoms with van der Waals surface area (Å²) in [6.07, 6.45) is 1.75. The van der Waals surface area contributed by atoms with Gasteiger partial charge in [0.25, 0.3) is 5.91 Å². The van der Waals surface area contributed by atoms with Crippen LogP contribution in [0.1, 0.15) is 21.7 Å². The average molecular weight is 402 g/mol. The van der Waals surface area contributed by atoms with E-state index in [9.17, 15) is 4.79 Å². The predicted molar refractivity (Wildman–Crippen MR) is 114 cm³/mol. The maximum Gasteiger partial charge on any atom is 0.251 e. The standard InChI is InChI=1S/C23H22N4O3/c1-29-19-11-10-17(13-20(19)30-2)23(28)25-14-21-26-18-9-6-12-24-22(18)27(21)15-16-7-4-3-5-8-16/h3-13H,14-15H2,1-2H3,(H,25,28). The van der Waals surface area contributed by atoms with Crippen LogP contribution in [-0.2, 0) is 13.1 Å². The molecule has 0 unspecified atom stereocenters. The second-order valence-corrected chi connectivity index (χ2v) is 6.70. The fourth-order valence-electron chi connectivity index (χ4n) is 3.31. The van der Waals surface area contributed by atoms with Gasteiger partial charge in [0.2, 0.25) is 0 Å². The minimum absolute atomic E-state index is 0.220. The number of carbonyl (C=O) groups excluding carboxylic acids is 1. The van der Waals surface area contributed by atoms with Gasteiger partial charge in [0.1, 0.15) is 11.3 Å². The lowest BCUT2D eigenvalue weighted by Crippen LogP contribution is -2.25. The van der Waals surface area contributed by atoms with Crippen molar-refractivity contribution in [2.45, 2.75) is 13.1 Å². The molecule has 0 aliphatic carbocycles. The molecule has 0 radical (unpaired) electrons. The summed E-state index contributed by atoms with van der Waals surface area (Å²) in [5.74, 6) is 1.60. The number of nitrogens with zero attached hydrogens (tertiary/aromatic N) is 3. The lowest BCUT2D eigenvalue weighted by molar-refractivity contribution is 0.0949. The van der Waals surface area contributed by atoms with Gasteiger partial charge in [-0.05, 0) is 35.9 Å². The second kappa shape index (κ2) is 8.65. The molecule has 7 heteroatoms. The molecule has 30 heavy (non-hydrogen) atoms. The number of aromatic nitrogens is 3. The minimum atomic E-state index is -0.220. The van der Waals surface area contributed by atoms with Crippen molar-refractivity contribution in [1.29, 1.82) is 0 Å². The molecule has 7 nitrogen and oxygen atoms in total. The summed E-state index contributed by atoms with van der Waals surface area (Å²) in [6.45, 7) is 0.895. The van der Waals surface area contributed by atoms with E-state index in [0.29, 0.717) is 23.6 Å². The van der Waals surface area contributed by atoms with E-state index in [0.717, 1.165) is 22.6 Å². The van der Waals surface area contributed by atoms with Gasteiger partial charge in [-0.25, -0.2) is 9.97 Å². The first kappa shape index (κ1) is 19.4. The Morgan fingerprint density at radius 3 is 2.57 bits per heavy atom. The zero-order valence-electron chi connectivity index (χ0n) is 16.8.